The van der Waals surface area contributed by atoms with Crippen molar-refractivity contribution in [1.29, 1.82) is 0 Å². The molecule has 3 aromatic rings. The molecule has 0 saturated carbocycles. The van der Waals surface area contributed by atoms with E-state index in [1.54, 1.807) is 53.4 Å². The van der Waals surface area contributed by atoms with Gasteiger partial charge in [-0.05, 0) is 36.4 Å². The van der Waals surface area contributed by atoms with Crippen LogP contribution in [0, 0.1) is 5.92 Å². The number of carbonyl (C=O) groups is 2. The molecule has 0 bridgehead atoms. The van der Waals surface area contributed by atoms with E-state index in [1.807, 2.05) is 18.2 Å². The van der Waals surface area contributed by atoms with Crippen LogP contribution in [0.2, 0.25) is 5.02 Å². The van der Waals surface area contributed by atoms with Gasteiger partial charge < -0.3 is 24.4 Å². The molecule has 1 atom stereocenters. The lowest BCUT2D eigenvalue weighted by molar-refractivity contribution is -0.122. The Morgan fingerprint density at radius 3 is 2.52 bits per heavy atom. The summed E-state index contributed by atoms with van der Waals surface area (Å²) >= 11 is 6.20. The van der Waals surface area contributed by atoms with Gasteiger partial charge >= 0.3 is 0 Å². The summed E-state index contributed by atoms with van der Waals surface area (Å²) < 4.78 is 17.1. The first-order valence-corrected chi connectivity index (χ1v) is 11.0. The molecule has 33 heavy (non-hydrogen) atoms. The number of amides is 2. The van der Waals surface area contributed by atoms with Gasteiger partial charge in [0.25, 0.3) is 0 Å². The summed E-state index contributed by atoms with van der Waals surface area (Å²) in [7, 11) is 0. The van der Waals surface area contributed by atoms with Gasteiger partial charge in [-0.2, -0.15) is 0 Å². The molecule has 0 radical (unpaired) electrons. The van der Waals surface area contributed by atoms with E-state index in [0.29, 0.717) is 52.6 Å². The number of halogens is 1. The van der Waals surface area contributed by atoms with Gasteiger partial charge in [0, 0.05) is 24.7 Å². The summed E-state index contributed by atoms with van der Waals surface area (Å²) in [4.78, 5) is 27.3. The van der Waals surface area contributed by atoms with E-state index in [9.17, 15) is 9.59 Å². The number of hydrogen-bond donors (Lipinski definition) is 1. The molecular formula is C25H21ClN2O5. The zero-order valence-corrected chi connectivity index (χ0v) is 18.4. The lowest BCUT2D eigenvalue weighted by atomic mass is 10.1. The fourth-order valence-electron chi connectivity index (χ4n) is 3.87. The van der Waals surface area contributed by atoms with Crippen molar-refractivity contribution in [3.05, 3.63) is 71.8 Å². The van der Waals surface area contributed by atoms with Crippen LogP contribution in [0.4, 0.5) is 11.4 Å². The quantitative estimate of drug-likeness (QED) is 0.581. The molecule has 2 aliphatic heterocycles. The van der Waals surface area contributed by atoms with Crippen molar-refractivity contribution >= 4 is 34.8 Å². The molecule has 2 amide bonds. The molecule has 1 saturated heterocycles. The molecule has 1 unspecified atom stereocenters. The third-order valence-electron chi connectivity index (χ3n) is 5.53. The summed E-state index contributed by atoms with van der Waals surface area (Å²) in [5.41, 5.74) is 1.19. The molecule has 2 aliphatic rings. The van der Waals surface area contributed by atoms with Crippen LogP contribution in [0.3, 0.4) is 0 Å². The Kier molecular flexibility index (Phi) is 5.79. The fraction of sp³-hybridized carbons (Fsp3) is 0.200. The summed E-state index contributed by atoms with van der Waals surface area (Å²) in [6.45, 7) is 1.24. The van der Waals surface area contributed by atoms with Gasteiger partial charge in [0.15, 0.2) is 17.2 Å². The largest absolute Gasteiger partial charge is 0.486 e. The standard InChI is InChI=1S/C25H21ClN2O5/c26-18-5-1-3-7-20(18)33-21-8-4-2-6-19(21)27-25(30)16-13-24(29)28(15-16)17-9-10-22-23(14-17)32-12-11-31-22/h1-10,14,16H,11-13,15H2,(H,27,30). The van der Waals surface area contributed by atoms with Crippen molar-refractivity contribution in [2.75, 3.05) is 30.0 Å². The number of nitrogens with zero attached hydrogens (tertiary/aromatic N) is 1. The topological polar surface area (TPSA) is 77.1 Å². The Labute approximate surface area is 195 Å². The number of para-hydroxylation sites is 3. The van der Waals surface area contributed by atoms with Gasteiger partial charge in [-0.1, -0.05) is 35.9 Å². The predicted octanol–water partition coefficient (Wildman–Crippen LogP) is 4.90. The number of hydrogen-bond acceptors (Lipinski definition) is 5. The minimum Gasteiger partial charge on any atom is -0.486 e. The number of rotatable bonds is 5. The normalized spacial score (nSPS) is 17.1. The lowest BCUT2D eigenvalue weighted by Gasteiger charge is -2.22. The highest BCUT2D eigenvalue weighted by atomic mass is 35.5. The van der Waals surface area contributed by atoms with Crippen molar-refractivity contribution in [1.82, 2.24) is 0 Å². The number of carbonyl (C=O) groups excluding carboxylic acids is 2. The zero-order valence-electron chi connectivity index (χ0n) is 17.6. The molecule has 0 spiro atoms. The number of ether oxygens (including phenoxy) is 3. The highest BCUT2D eigenvalue weighted by Gasteiger charge is 2.36. The Balaban J connectivity index is 1.30. The zero-order chi connectivity index (χ0) is 22.8. The van der Waals surface area contributed by atoms with Crippen LogP contribution in [0.5, 0.6) is 23.0 Å². The highest BCUT2D eigenvalue weighted by molar-refractivity contribution is 6.32. The third-order valence-corrected chi connectivity index (χ3v) is 5.85. The second-order valence-corrected chi connectivity index (χ2v) is 8.16. The second kappa shape index (κ2) is 9.03. The predicted molar refractivity (Wildman–Crippen MR) is 124 cm³/mol. The maximum absolute atomic E-state index is 13.0. The molecular weight excluding hydrogens is 444 g/mol. The van der Waals surface area contributed by atoms with E-state index in [-0.39, 0.29) is 24.8 Å². The Bertz CT molecular complexity index is 1210. The van der Waals surface area contributed by atoms with Crippen LogP contribution in [-0.4, -0.2) is 31.6 Å². The van der Waals surface area contributed by atoms with E-state index in [4.69, 9.17) is 25.8 Å². The average Bonchev–Trinajstić information content (AvgIpc) is 3.23. The van der Waals surface area contributed by atoms with Crippen molar-refractivity contribution in [2.24, 2.45) is 5.92 Å². The molecule has 0 aliphatic carbocycles. The highest BCUT2D eigenvalue weighted by Crippen LogP contribution is 2.37. The summed E-state index contributed by atoms with van der Waals surface area (Å²) in [5, 5.41) is 3.37. The summed E-state index contributed by atoms with van der Waals surface area (Å²) in [6.07, 6.45) is 0.119. The van der Waals surface area contributed by atoms with Gasteiger partial charge in [-0.15, -0.1) is 0 Å². The first-order chi connectivity index (χ1) is 16.1. The van der Waals surface area contributed by atoms with Crippen LogP contribution >= 0.6 is 11.6 Å². The van der Waals surface area contributed by atoms with Crippen LogP contribution in [0.15, 0.2) is 66.7 Å². The minimum atomic E-state index is -0.501. The van der Waals surface area contributed by atoms with Gasteiger partial charge in [-0.3, -0.25) is 9.59 Å². The third kappa shape index (κ3) is 4.45. The number of fused-ring (bicyclic) bond motifs is 1. The SMILES string of the molecule is O=C(Nc1ccccc1Oc1ccccc1Cl)C1CC(=O)N(c2ccc3c(c2)OCCO3)C1. The van der Waals surface area contributed by atoms with E-state index >= 15 is 0 Å². The first-order valence-electron chi connectivity index (χ1n) is 10.6. The van der Waals surface area contributed by atoms with Crippen molar-refractivity contribution in [2.45, 2.75) is 6.42 Å². The fourth-order valence-corrected chi connectivity index (χ4v) is 4.05. The average molecular weight is 465 g/mol. The van der Waals surface area contributed by atoms with Crippen LogP contribution < -0.4 is 24.4 Å². The van der Waals surface area contributed by atoms with E-state index in [0.717, 1.165) is 0 Å². The van der Waals surface area contributed by atoms with E-state index in [1.165, 1.54) is 0 Å². The molecule has 1 N–H and O–H groups in total. The number of nitrogens with one attached hydrogen (secondary N) is 1. The molecule has 2 heterocycles. The van der Waals surface area contributed by atoms with E-state index < -0.39 is 5.92 Å². The molecule has 7 nitrogen and oxygen atoms in total. The molecule has 168 valence electrons. The smallest absolute Gasteiger partial charge is 0.229 e. The summed E-state index contributed by atoms with van der Waals surface area (Å²) in [5.74, 6) is 1.34. The first kappa shape index (κ1) is 21.2. The van der Waals surface area contributed by atoms with Crippen molar-refractivity contribution < 1.29 is 23.8 Å². The second-order valence-electron chi connectivity index (χ2n) is 7.75. The molecule has 0 aromatic heterocycles. The minimum absolute atomic E-state index is 0.118. The van der Waals surface area contributed by atoms with Gasteiger partial charge in [0.1, 0.15) is 19.0 Å². The maximum atomic E-state index is 13.0. The molecule has 8 heteroatoms. The number of anilines is 2. The van der Waals surface area contributed by atoms with E-state index in [2.05, 4.69) is 5.32 Å². The van der Waals surface area contributed by atoms with Crippen molar-refractivity contribution in [3.63, 3.8) is 0 Å². The Morgan fingerprint density at radius 1 is 0.970 bits per heavy atom. The van der Waals surface area contributed by atoms with Crippen LogP contribution in [0.1, 0.15) is 6.42 Å². The Hall–Kier alpha value is -3.71. The van der Waals surface area contributed by atoms with Gasteiger partial charge in [-0.25, -0.2) is 0 Å². The van der Waals surface area contributed by atoms with Crippen LogP contribution in [0.25, 0.3) is 0 Å². The lowest BCUT2D eigenvalue weighted by Crippen LogP contribution is -2.28. The molecule has 1 fully saturated rings. The number of benzene rings is 3. The maximum Gasteiger partial charge on any atom is 0.229 e. The monoisotopic (exact) mass is 464 g/mol. The van der Waals surface area contributed by atoms with Crippen LogP contribution in [-0.2, 0) is 9.59 Å². The Morgan fingerprint density at radius 2 is 1.70 bits per heavy atom. The van der Waals surface area contributed by atoms with Crippen molar-refractivity contribution in [3.8, 4) is 23.0 Å². The van der Waals surface area contributed by atoms with Gasteiger partial charge in [0.05, 0.1) is 16.6 Å². The molecule has 5 rings (SSSR count). The summed E-state index contributed by atoms with van der Waals surface area (Å²) in [6, 6.07) is 19.6. The molecule has 3 aromatic carbocycles. The van der Waals surface area contributed by atoms with Gasteiger partial charge in [0.2, 0.25) is 11.8 Å².